The zero-order valence-corrected chi connectivity index (χ0v) is 10.8. The lowest BCUT2D eigenvalue weighted by Gasteiger charge is -2.26. The molecule has 1 unspecified atom stereocenters. The van der Waals surface area contributed by atoms with Crippen LogP contribution in [0.25, 0.3) is 0 Å². The number of carbonyl (C=O) groups excluding carboxylic acids is 1. The molecule has 1 aliphatic rings. The van der Waals surface area contributed by atoms with Crippen molar-refractivity contribution < 1.29 is 17.7 Å². The largest absolute Gasteiger partial charge is 0.338 e. The Balaban J connectivity index is 2.03. The third-order valence-corrected chi connectivity index (χ3v) is 4.67. The quantitative estimate of drug-likeness (QED) is 0.875. The third-order valence-electron chi connectivity index (χ3n) is 2.92. The maximum Gasteiger partial charge on any atom is 0.324 e. The molecule has 1 saturated heterocycles. The molecule has 0 saturated carbocycles. The van der Waals surface area contributed by atoms with E-state index in [1.54, 1.807) is 0 Å². The second-order valence-corrected chi connectivity index (χ2v) is 6.38. The summed E-state index contributed by atoms with van der Waals surface area (Å²) in [5.41, 5.74) is 0. The van der Waals surface area contributed by atoms with E-state index in [1.165, 1.54) is 17.2 Å². The third kappa shape index (κ3) is 2.81. The van der Waals surface area contributed by atoms with Crippen LogP contribution in [0.3, 0.4) is 0 Å². The molecule has 100 valence electrons. The molecule has 7 nitrogen and oxygen atoms in total. The summed E-state index contributed by atoms with van der Waals surface area (Å²) in [6, 6.07) is 0.899. The summed E-state index contributed by atoms with van der Waals surface area (Å²) in [4.78, 5) is 13.5. The van der Waals surface area contributed by atoms with Crippen LogP contribution < -0.4 is 5.32 Å². The lowest BCUT2D eigenvalue weighted by molar-refractivity contribution is 0.197. The minimum Gasteiger partial charge on any atom is -0.338 e. The fourth-order valence-corrected chi connectivity index (χ4v) is 3.78. The van der Waals surface area contributed by atoms with Gasteiger partial charge in [0.2, 0.25) is 5.88 Å². The smallest absolute Gasteiger partial charge is 0.324 e. The van der Waals surface area contributed by atoms with E-state index in [9.17, 15) is 13.2 Å². The standard InChI is InChI=1S/C10H15N3O4S/c1-2-13(8-4-6-18(15,16)7-8)10(14)12-9-3-5-11-17-9/h3,5,8H,2,4,6-7H2,1H3,(H,12,14). The van der Waals surface area contributed by atoms with Gasteiger partial charge in [0.1, 0.15) is 0 Å². The van der Waals surface area contributed by atoms with Crippen molar-refractivity contribution in [2.45, 2.75) is 19.4 Å². The number of nitrogens with zero attached hydrogens (tertiary/aromatic N) is 2. The van der Waals surface area contributed by atoms with Crippen molar-refractivity contribution >= 4 is 21.8 Å². The molecule has 1 N–H and O–H groups in total. The fourth-order valence-electron chi connectivity index (χ4n) is 2.05. The molecule has 2 heterocycles. The number of rotatable bonds is 3. The van der Waals surface area contributed by atoms with Crippen molar-refractivity contribution in [2.75, 3.05) is 23.4 Å². The second-order valence-electron chi connectivity index (χ2n) is 4.15. The summed E-state index contributed by atoms with van der Waals surface area (Å²) in [5, 5.41) is 6.02. The average Bonchev–Trinajstić information content (AvgIpc) is 2.89. The van der Waals surface area contributed by atoms with Crippen LogP contribution in [0.15, 0.2) is 16.8 Å². The van der Waals surface area contributed by atoms with Crippen LogP contribution in [-0.2, 0) is 9.84 Å². The predicted molar refractivity (Wildman–Crippen MR) is 65.0 cm³/mol. The topological polar surface area (TPSA) is 92.5 Å². The molecule has 0 aliphatic carbocycles. The van der Waals surface area contributed by atoms with Gasteiger partial charge in [-0.3, -0.25) is 5.32 Å². The molecule has 0 bridgehead atoms. The summed E-state index contributed by atoms with van der Waals surface area (Å²) in [7, 11) is -3.00. The molecular formula is C10H15N3O4S. The molecule has 1 fully saturated rings. The first-order valence-corrected chi connectivity index (χ1v) is 7.52. The molecule has 2 rings (SSSR count). The van der Waals surface area contributed by atoms with Gasteiger partial charge in [0.25, 0.3) is 0 Å². The lowest BCUT2D eigenvalue weighted by atomic mass is 10.2. The molecule has 8 heteroatoms. The van der Waals surface area contributed by atoms with E-state index in [1.807, 2.05) is 6.92 Å². The van der Waals surface area contributed by atoms with Gasteiger partial charge in [-0.1, -0.05) is 5.16 Å². The van der Waals surface area contributed by atoms with Crippen LogP contribution in [0.2, 0.25) is 0 Å². The summed E-state index contributed by atoms with van der Waals surface area (Å²) in [6.45, 7) is 2.26. The number of hydrogen-bond acceptors (Lipinski definition) is 5. The molecule has 0 aromatic carbocycles. The Morgan fingerprint density at radius 3 is 2.94 bits per heavy atom. The molecule has 0 radical (unpaired) electrons. The van der Waals surface area contributed by atoms with Crippen molar-refractivity contribution in [3.05, 3.63) is 12.3 Å². The first-order chi connectivity index (χ1) is 8.52. The normalized spacial score (nSPS) is 21.7. The van der Waals surface area contributed by atoms with Crippen LogP contribution in [-0.4, -0.2) is 48.6 Å². The minimum absolute atomic E-state index is 0.0324. The molecule has 1 aromatic heterocycles. The van der Waals surface area contributed by atoms with Gasteiger partial charge < -0.3 is 9.42 Å². The number of aromatic nitrogens is 1. The molecular weight excluding hydrogens is 258 g/mol. The summed E-state index contributed by atoms with van der Waals surface area (Å²) >= 11 is 0. The van der Waals surface area contributed by atoms with E-state index in [4.69, 9.17) is 4.52 Å². The van der Waals surface area contributed by atoms with Crippen LogP contribution in [0.1, 0.15) is 13.3 Å². The van der Waals surface area contributed by atoms with E-state index in [0.29, 0.717) is 13.0 Å². The van der Waals surface area contributed by atoms with E-state index < -0.39 is 9.84 Å². The number of urea groups is 1. The SMILES string of the molecule is CCN(C(=O)Nc1ccno1)C1CCS(=O)(=O)C1. The molecule has 18 heavy (non-hydrogen) atoms. The summed E-state index contributed by atoms with van der Waals surface area (Å²) < 4.78 is 27.6. The van der Waals surface area contributed by atoms with Crippen molar-refractivity contribution in [3.8, 4) is 0 Å². The summed E-state index contributed by atoms with van der Waals surface area (Å²) in [5.74, 6) is 0.424. The van der Waals surface area contributed by atoms with Crippen LogP contribution in [0.4, 0.5) is 10.7 Å². The molecule has 1 aliphatic heterocycles. The predicted octanol–water partition coefficient (Wildman–Crippen LogP) is 0.716. The number of carbonyl (C=O) groups is 1. The average molecular weight is 273 g/mol. The highest BCUT2D eigenvalue weighted by Gasteiger charge is 2.34. The Morgan fingerprint density at radius 2 is 2.44 bits per heavy atom. The number of anilines is 1. The Labute approximate surface area is 105 Å². The zero-order chi connectivity index (χ0) is 13.2. The summed E-state index contributed by atoms with van der Waals surface area (Å²) in [6.07, 6.45) is 1.91. The van der Waals surface area contributed by atoms with Crippen LogP contribution >= 0.6 is 0 Å². The Kier molecular flexibility index (Phi) is 3.55. The van der Waals surface area contributed by atoms with Crippen molar-refractivity contribution in [2.24, 2.45) is 0 Å². The van der Waals surface area contributed by atoms with Gasteiger partial charge in [-0.05, 0) is 13.3 Å². The maximum atomic E-state index is 12.0. The van der Waals surface area contributed by atoms with Gasteiger partial charge in [0, 0.05) is 18.7 Å². The highest BCUT2D eigenvalue weighted by molar-refractivity contribution is 7.91. The van der Waals surface area contributed by atoms with Gasteiger partial charge >= 0.3 is 6.03 Å². The highest BCUT2D eigenvalue weighted by atomic mass is 32.2. The van der Waals surface area contributed by atoms with E-state index >= 15 is 0 Å². The minimum atomic E-state index is -3.00. The van der Waals surface area contributed by atoms with E-state index in [-0.39, 0.29) is 29.5 Å². The molecule has 0 spiro atoms. The fraction of sp³-hybridized carbons (Fsp3) is 0.600. The number of hydrogen-bond donors (Lipinski definition) is 1. The number of nitrogens with one attached hydrogen (secondary N) is 1. The molecule has 2 amide bonds. The van der Waals surface area contributed by atoms with Gasteiger partial charge in [-0.25, -0.2) is 13.2 Å². The van der Waals surface area contributed by atoms with Gasteiger partial charge in [0.05, 0.1) is 17.7 Å². The molecule has 1 atom stereocenters. The number of amides is 2. The Morgan fingerprint density at radius 1 is 1.67 bits per heavy atom. The van der Waals surface area contributed by atoms with Crippen LogP contribution in [0, 0.1) is 0 Å². The van der Waals surface area contributed by atoms with Crippen LogP contribution in [0.5, 0.6) is 0 Å². The first-order valence-electron chi connectivity index (χ1n) is 5.70. The van der Waals surface area contributed by atoms with E-state index in [2.05, 4.69) is 10.5 Å². The first kappa shape index (κ1) is 12.9. The van der Waals surface area contributed by atoms with E-state index in [0.717, 1.165) is 0 Å². The highest BCUT2D eigenvalue weighted by Crippen LogP contribution is 2.18. The number of sulfone groups is 1. The Hall–Kier alpha value is -1.57. The van der Waals surface area contributed by atoms with Gasteiger partial charge in [-0.15, -0.1) is 0 Å². The van der Waals surface area contributed by atoms with Crippen molar-refractivity contribution in [1.29, 1.82) is 0 Å². The molecule has 1 aromatic rings. The maximum absolute atomic E-state index is 12.0. The van der Waals surface area contributed by atoms with Crippen molar-refractivity contribution in [1.82, 2.24) is 10.1 Å². The second kappa shape index (κ2) is 4.97. The Bertz CT molecular complexity index is 511. The lowest BCUT2D eigenvalue weighted by Crippen LogP contribution is -2.43. The zero-order valence-electron chi connectivity index (χ0n) is 10.00. The van der Waals surface area contributed by atoms with Crippen molar-refractivity contribution in [3.63, 3.8) is 0 Å². The van der Waals surface area contributed by atoms with Gasteiger partial charge in [0.15, 0.2) is 9.84 Å². The monoisotopic (exact) mass is 273 g/mol. The van der Waals surface area contributed by atoms with Gasteiger partial charge in [-0.2, -0.15) is 0 Å².